The number of aromatic nitrogens is 2. The monoisotopic (exact) mass is 404 g/mol. The molecule has 0 fully saturated rings. The zero-order valence-corrected chi connectivity index (χ0v) is 16.1. The van der Waals surface area contributed by atoms with Gasteiger partial charge in [-0.3, -0.25) is 4.68 Å². The van der Waals surface area contributed by atoms with Crippen LogP contribution < -0.4 is 15.4 Å². The first-order chi connectivity index (χ1) is 13.0. The molecule has 3 aromatic rings. The molecule has 2 aromatic carbocycles. The van der Waals surface area contributed by atoms with Gasteiger partial charge in [-0.05, 0) is 49.0 Å². The fourth-order valence-corrected chi connectivity index (χ4v) is 2.90. The Balaban J connectivity index is 1.63. The lowest BCUT2D eigenvalue weighted by atomic mass is 10.2. The third-order valence-electron chi connectivity index (χ3n) is 3.66. The highest BCUT2D eigenvalue weighted by molar-refractivity contribution is 7.80. The number of nitrogens with zero attached hydrogens (tertiary/aromatic N) is 2. The average Bonchev–Trinajstić information content (AvgIpc) is 3.06. The van der Waals surface area contributed by atoms with Gasteiger partial charge in [0.2, 0.25) is 0 Å². The summed E-state index contributed by atoms with van der Waals surface area (Å²) < 4.78 is 20.4. The van der Waals surface area contributed by atoms with Crippen LogP contribution in [0.5, 0.6) is 5.75 Å². The van der Waals surface area contributed by atoms with E-state index in [4.69, 9.17) is 28.6 Å². The topological polar surface area (TPSA) is 51.1 Å². The molecule has 0 aliphatic rings. The highest BCUT2D eigenvalue weighted by Gasteiger charge is 2.08. The van der Waals surface area contributed by atoms with Crippen molar-refractivity contribution in [1.29, 1.82) is 0 Å². The molecule has 0 aliphatic heterocycles. The molecule has 27 heavy (non-hydrogen) atoms. The molecule has 0 aliphatic carbocycles. The summed E-state index contributed by atoms with van der Waals surface area (Å²) in [6, 6.07) is 13.6. The molecule has 2 N–H and O–H groups in total. The van der Waals surface area contributed by atoms with E-state index < -0.39 is 0 Å². The second-order valence-corrected chi connectivity index (χ2v) is 6.46. The van der Waals surface area contributed by atoms with Crippen molar-refractivity contribution >= 4 is 40.4 Å². The molecule has 0 spiro atoms. The van der Waals surface area contributed by atoms with Crippen molar-refractivity contribution in [2.75, 3.05) is 17.2 Å². The predicted octanol–water partition coefficient (Wildman–Crippen LogP) is 4.93. The van der Waals surface area contributed by atoms with Crippen LogP contribution in [-0.4, -0.2) is 21.5 Å². The van der Waals surface area contributed by atoms with Crippen molar-refractivity contribution in [3.63, 3.8) is 0 Å². The number of thiocarbonyl (C=S) groups is 1. The van der Waals surface area contributed by atoms with Crippen LogP contribution in [0, 0.1) is 5.82 Å². The van der Waals surface area contributed by atoms with Gasteiger partial charge < -0.3 is 15.4 Å². The SMILES string of the molecule is CCOc1ccccc1NC(=S)Nc1ccn(Cc2ccc(F)cc2Cl)n1. The number of para-hydroxylation sites is 2. The molecule has 0 radical (unpaired) electrons. The Labute approximate surface area is 167 Å². The van der Waals surface area contributed by atoms with Gasteiger partial charge in [0.25, 0.3) is 0 Å². The maximum Gasteiger partial charge on any atom is 0.176 e. The zero-order chi connectivity index (χ0) is 19.2. The molecule has 5 nitrogen and oxygen atoms in total. The van der Waals surface area contributed by atoms with E-state index in [-0.39, 0.29) is 5.82 Å². The molecule has 140 valence electrons. The van der Waals surface area contributed by atoms with E-state index in [1.54, 1.807) is 23.0 Å². The van der Waals surface area contributed by atoms with Crippen molar-refractivity contribution in [2.24, 2.45) is 0 Å². The van der Waals surface area contributed by atoms with Crippen LogP contribution in [0.1, 0.15) is 12.5 Å². The second-order valence-electron chi connectivity index (χ2n) is 5.64. The minimum absolute atomic E-state index is 0.365. The number of hydrogen-bond acceptors (Lipinski definition) is 3. The summed E-state index contributed by atoms with van der Waals surface area (Å²) >= 11 is 11.4. The third kappa shape index (κ3) is 5.18. The number of hydrogen-bond donors (Lipinski definition) is 2. The highest BCUT2D eigenvalue weighted by atomic mass is 35.5. The van der Waals surface area contributed by atoms with Crippen LogP contribution in [0.4, 0.5) is 15.9 Å². The number of ether oxygens (including phenoxy) is 1. The van der Waals surface area contributed by atoms with Crippen molar-refractivity contribution in [2.45, 2.75) is 13.5 Å². The van der Waals surface area contributed by atoms with Gasteiger partial charge in [0.15, 0.2) is 10.9 Å². The van der Waals surface area contributed by atoms with Crippen LogP contribution in [-0.2, 0) is 6.54 Å². The molecule has 0 amide bonds. The van der Waals surface area contributed by atoms with E-state index in [1.807, 2.05) is 31.2 Å². The number of halogens is 2. The Kier molecular flexibility index (Phi) is 6.26. The Morgan fingerprint density at radius 2 is 2.04 bits per heavy atom. The maximum atomic E-state index is 13.1. The normalized spacial score (nSPS) is 10.5. The summed E-state index contributed by atoms with van der Waals surface area (Å²) in [6.07, 6.45) is 1.79. The Morgan fingerprint density at radius 3 is 2.81 bits per heavy atom. The van der Waals surface area contributed by atoms with Crippen molar-refractivity contribution in [3.8, 4) is 5.75 Å². The fraction of sp³-hybridized carbons (Fsp3) is 0.158. The largest absolute Gasteiger partial charge is 0.492 e. The first-order valence-corrected chi connectivity index (χ1v) is 9.11. The lowest BCUT2D eigenvalue weighted by molar-refractivity contribution is 0.342. The van der Waals surface area contributed by atoms with Crippen molar-refractivity contribution in [3.05, 3.63) is 71.1 Å². The van der Waals surface area contributed by atoms with Gasteiger partial charge in [-0.25, -0.2) is 4.39 Å². The lowest BCUT2D eigenvalue weighted by Crippen LogP contribution is -2.20. The molecule has 0 atom stereocenters. The van der Waals surface area contributed by atoms with Crippen LogP contribution in [0.15, 0.2) is 54.7 Å². The van der Waals surface area contributed by atoms with E-state index in [1.165, 1.54) is 12.1 Å². The summed E-state index contributed by atoms with van der Waals surface area (Å²) in [4.78, 5) is 0. The quantitative estimate of drug-likeness (QED) is 0.570. The molecule has 0 bridgehead atoms. The minimum atomic E-state index is -0.365. The highest BCUT2D eigenvalue weighted by Crippen LogP contribution is 2.24. The number of rotatable bonds is 6. The molecular weight excluding hydrogens is 387 g/mol. The predicted molar refractivity (Wildman–Crippen MR) is 110 cm³/mol. The van der Waals surface area contributed by atoms with Crippen LogP contribution in [0.3, 0.4) is 0 Å². The fourth-order valence-electron chi connectivity index (χ4n) is 2.46. The molecule has 0 saturated carbocycles. The standard InChI is InChI=1S/C19H18ClFN4OS/c1-2-26-17-6-4-3-5-16(17)22-19(27)23-18-9-10-25(24-18)12-13-7-8-14(21)11-15(13)20/h3-11H,2,12H2,1H3,(H2,22,23,24,27). The summed E-state index contributed by atoms with van der Waals surface area (Å²) in [6.45, 7) is 2.91. The minimum Gasteiger partial charge on any atom is -0.492 e. The lowest BCUT2D eigenvalue weighted by Gasteiger charge is -2.13. The van der Waals surface area contributed by atoms with Crippen molar-refractivity contribution < 1.29 is 9.13 Å². The summed E-state index contributed by atoms with van der Waals surface area (Å²) in [5, 5.41) is 11.3. The van der Waals surface area contributed by atoms with Gasteiger partial charge in [0, 0.05) is 17.3 Å². The summed E-state index contributed by atoms with van der Waals surface area (Å²) in [7, 11) is 0. The van der Waals surface area contributed by atoms with E-state index in [9.17, 15) is 4.39 Å². The van der Waals surface area contributed by atoms with E-state index in [2.05, 4.69) is 15.7 Å². The number of benzene rings is 2. The molecule has 1 heterocycles. The van der Waals surface area contributed by atoms with Gasteiger partial charge in [-0.15, -0.1) is 0 Å². The summed E-state index contributed by atoms with van der Waals surface area (Å²) in [5.41, 5.74) is 1.55. The second kappa shape index (κ2) is 8.83. The van der Waals surface area contributed by atoms with E-state index in [0.717, 1.165) is 17.0 Å². The van der Waals surface area contributed by atoms with Gasteiger partial charge in [-0.1, -0.05) is 29.8 Å². The molecule has 1 aromatic heterocycles. The van der Waals surface area contributed by atoms with Crippen LogP contribution in [0.25, 0.3) is 0 Å². The first kappa shape index (κ1) is 19.1. The smallest absolute Gasteiger partial charge is 0.176 e. The molecule has 0 saturated heterocycles. The third-order valence-corrected chi connectivity index (χ3v) is 4.22. The maximum absolute atomic E-state index is 13.1. The number of anilines is 2. The van der Waals surface area contributed by atoms with Crippen LogP contribution in [0.2, 0.25) is 5.02 Å². The molecule has 3 rings (SSSR count). The Morgan fingerprint density at radius 1 is 1.22 bits per heavy atom. The molecule has 0 unspecified atom stereocenters. The van der Waals surface area contributed by atoms with E-state index >= 15 is 0 Å². The van der Waals surface area contributed by atoms with Gasteiger partial charge in [-0.2, -0.15) is 5.10 Å². The average molecular weight is 405 g/mol. The zero-order valence-electron chi connectivity index (χ0n) is 14.6. The van der Waals surface area contributed by atoms with Gasteiger partial charge in [0.05, 0.1) is 18.8 Å². The summed E-state index contributed by atoms with van der Waals surface area (Å²) in [5.74, 6) is 0.940. The molecule has 8 heteroatoms. The van der Waals surface area contributed by atoms with Crippen LogP contribution >= 0.6 is 23.8 Å². The van der Waals surface area contributed by atoms with Crippen molar-refractivity contribution in [1.82, 2.24) is 9.78 Å². The van der Waals surface area contributed by atoms with Gasteiger partial charge >= 0.3 is 0 Å². The Bertz CT molecular complexity index is 947. The Hall–Kier alpha value is -2.64. The molecular formula is C19H18ClFN4OS. The van der Waals surface area contributed by atoms with Gasteiger partial charge in [0.1, 0.15) is 11.6 Å². The first-order valence-electron chi connectivity index (χ1n) is 8.32. The van der Waals surface area contributed by atoms with E-state index in [0.29, 0.717) is 29.1 Å². The number of nitrogens with one attached hydrogen (secondary N) is 2.